The van der Waals surface area contributed by atoms with Crippen LogP contribution in [0.1, 0.15) is 25.6 Å². The average Bonchev–Trinajstić information content (AvgIpc) is 2.76. The zero-order chi connectivity index (χ0) is 14.4. The summed E-state index contributed by atoms with van der Waals surface area (Å²) >= 11 is 5.81. The van der Waals surface area contributed by atoms with Crippen LogP contribution in [0, 0.1) is 5.82 Å². The van der Waals surface area contributed by atoms with Crippen molar-refractivity contribution in [2.24, 2.45) is 0 Å². The predicted molar refractivity (Wildman–Crippen MR) is 79.8 cm³/mol. The van der Waals surface area contributed by atoms with Gasteiger partial charge in [0.15, 0.2) is 0 Å². The number of benzene rings is 1. The van der Waals surface area contributed by atoms with E-state index in [-0.39, 0.29) is 5.82 Å². The van der Waals surface area contributed by atoms with Crippen LogP contribution in [-0.4, -0.2) is 28.6 Å². The molecule has 0 aliphatic heterocycles. The fourth-order valence-corrected chi connectivity index (χ4v) is 2.35. The Bertz CT molecular complexity index is 556. The molecule has 0 spiro atoms. The molecule has 0 unspecified atom stereocenters. The lowest BCUT2D eigenvalue weighted by molar-refractivity contribution is 0.123. The first-order chi connectivity index (χ1) is 9.76. The van der Waals surface area contributed by atoms with E-state index in [2.05, 4.69) is 16.5 Å². The molecule has 0 atom stereocenters. The maximum Gasteiger partial charge on any atom is 0.125 e. The molecule has 20 heavy (non-hydrogen) atoms. The van der Waals surface area contributed by atoms with E-state index < -0.39 is 0 Å². The maximum absolute atomic E-state index is 13.3. The van der Waals surface area contributed by atoms with Crippen LogP contribution in [-0.2, 0) is 17.7 Å². The van der Waals surface area contributed by atoms with Crippen LogP contribution in [0.4, 0.5) is 4.39 Å². The second-order valence-electron chi connectivity index (χ2n) is 4.72. The number of fused-ring (bicyclic) bond motifs is 1. The monoisotopic (exact) mass is 298 g/mol. The maximum atomic E-state index is 13.3. The highest BCUT2D eigenvalue weighted by Crippen LogP contribution is 2.18. The van der Waals surface area contributed by atoms with Gasteiger partial charge in [0.25, 0.3) is 0 Å². The second-order valence-corrected chi connectivity index (χ2v) is 5.10. The molecule has 0 saturated heterocycles. The number of hydrogen-bond acceptors (Lipinski definition) is 2. The van der Waals surface area contributed by atoms with Crippen LogP contribution in [0.5, 0.6) is 0 Å². The first kappa shape index (κ1) is 15.3. The topological polar surface area (TPSA) is 27.1 Å². The standard InChI is InChI=1S/C15H20ClFN2O/c1-2-3-9-20-10-8-19-14-5-4-12(17)11-13(14)18-15(19)6-7-16/h4-5,11H,2-3,6-10H2,1H3. The van der Waals surface area contributed by atoms with Gasteiger partial charge in [-0.3, -0.25) is 0 Å². The van der Waals surface area contributed by atoms with E-state index in [9.17, 15) is 4.39 Å². The van der Waals surface area contributed by atoms with Crippen LogP contribution in [0.3, 0.4) is 0 Å². The molecular weight excluding hydrogens is 279 g/mol. The van der Waals surface area contributed by atoms with E-state index in [4.69, 9.17) is 16.3 Å². The van der Waals surface area contributed by atoms with Gasteiger partial charge < -0.3 is 9.30 Å². The van der Waals surface area contributed by atoms with Crippen molar-refractivity contribution < 1.29 is 9.13 Å². The zero-order valence-electron chi connectivity index (χ0n) is 11.7. The molecule has 2 aromatic rings. The van der Waals surface area contributed by atoms with Gasteiger partial charge in [0, 0.05) is 31.5 Å². The van der Waals surface area contributed by atoms with Crippen LogP contribution >= 0.6 is 11.6 Å². The molecule has 0 aliphatic rings. The Morgan fingerprint density at radius 1 is 1.35 bits per heavy atom. The first-order valence-corrected chi connectivity index (χ1v) is 7.58. The number of aromatic nitrogens is 2. The van der Waals surface area contributed by atoms with Gasteiger partial charge in [-0.05, 0) is 18.6 Å². The van der Waals surface area contributed by atoms with Gasteiger partial charge in [-0.2, -0.15) is 0 Å². The van der Waals surface area contributed by atoms with Crippen LogP contribution < -0.4 is 0 Å². The molecular formula is C15H20ClFN2O. The number of aryl methyl sites for hydroxylation is 1. The van der Waals surface area contributed by atoms with Crippen molar-refractivity contribution in [2.75, 3.05) is 19.1 Å². The Hall–Kier alpha value is -1.13. The highest BCUT2D eigenvalue weighted by molar-refractivity contribution is 6.17. The van der Waals surface area contributed by atoms with Crippen molar-refractivity contribution >= 4 is 22.6 Å². The SMILES string of the molecule is CCCCOCCn1c(CCCl)nc2cc(F)ccc21. The second kappa shape index (κ2) is 7.60. The number of halogens is 2. The van der Waals surface area contributed by atoms with Gasteiger partial charge in [-0.15, -0.1) is 11.6 Å². The number of ether oxygens (including phenoxy) is 1. The lowest BCUT2D eigenvalue weighted by Gasteiger charge is -2.09. The van der Waals surface area contributed by atoms with E-state index in [1.54, 1.807) is 6.07 Å². The summed E-state index contributed by atoms with van der Waals surface area (Å²) in [5.74, 6) is 1.13. The van der Waals surface area contributed by atoms with Crippen molar-refractivity contribution in [3.63, 3.8) is 0 Å². The molecule has 0 fully saturated rings. The number of nitrogens with zero attached hydrogens (tertiary/aromatic N) is 2. The Balaban J connectivity index is 2.13. The minimum Gasteiger partial charge on any atom is -0.380 e. The highest BCUT2D eigenvalue weighted by atomic mass is 35.5. The molecule has 0 aliphatic carbocycles. The third-order valence-electron chi connectivity index (χ3n) is 3.21. The molecule has 0 amide bonds. The Kier molecular flexibility index (Phi) is 5.80. The van der Waals surface area contributed by atoms with Gasteiger partial charge in [0.1, 0.15) is 11.6 Å². The minimum absolute atomic E-state index is 0.265. The summed E-state index contributed by atoms with van der Waals surface area (Å²) in [5, 5.41) is 0. The molecule has 1 heterocycles. The number of hydrogen-bond donors (Lipinski definition) is 0. The molecule has 0 saturated carbocycles. The van der Waals surface area contributed by atoms with Gasteiger partial charge in [-0.25, -0.2) is 9.37 Å². The molecule has 2 rings (SSSR count). The molecule has 0 N–H and O–H groups in total. The quantitative estimate of drug-likeness (QED) is 0.548. The summed E-state index contributed by atoms with van der Waals surface area (Å²) < 4.78 is 20.9. The lowest BCUT2D eigenvalue weighted by atomic mass is 10.3. The third-order valence-corrected chi connectivity index (χ3v) is 3.40. The van der Waals surface area contributed by atoms with Gasteiger partial charge in [0.05, 0.1) is 17.6 Å². The zero-order valence-corrected chi connectivity index (χ0v) is 12.5. The number of alkyl halides is 1. The van der Waals surface area contributed by atoms with Crippen LogP contribution in [0.2, 0.25) is 0 Å². The van der Waals surface area contributed by atoms with Crippen molar-refractivity contribution in [3.8, 4) is 0 Å². The highest BCUT2D eigenvalue weighted by Gasteiger charge is 2.10. The van der Waals surface area contributed by atoms with E-state index in [1.165, 1.54) is 12.1 Å². The van der Waals surface area contributed by atoms with Crippen LogP contribution in [0.15, 0.2) is 18.2 Å². The molecule has 0 radical (unpaired) electrons. The molecule has 3 nitrogen and oxygen atoms in total. The fraction of sp³-hybridized carbons (Fsp3) is 0.533. The van der Waals surface area contributed by atoms with Crippen molar-refractivity contribution in [3.05, 3.63) is 29.8 Å². The summed E-state index contributed by atoms with van der Waals surface area (Å²) in [6.45, 7) is 4.28. The first-order valence-electron chi connectivity index (χ1n) is 7.04. The van der Waals surface area contributed by atoms with E-state index in [0.717, 1.165) is 37.3 Å². The largest absolute Gasteiger partial charge is 0.380 e. The van der Waals surface area contributed by atoms with Gasteiger partial charge in [-0.1, -0.05) is 13.3 Å². The normalized spacial score (nSPS) is 11.3. The smallest absolute Gasteiger partial charge is 0.125 e. The van der Waals surface area contributed by atoms with Gasteiger partial charge in [0.2, 0.25) is 0 Å². The third kappa shape index (κ3) is 3.70. The van der Waals surface area contributed by atoms with Crippen LogP contribution in [0.25, 0.3) is 11.0 Å². The summed E-state index contributed by atoms with van der Waals surface area (Å²) in [5.41, 5.74) is 1.62. The number of unbranched alkanes of at least 4 members (excludes halogenated alkanes) is 1. The Morgan fingerprint density at radius 2 is 2.20 bits per heavy atom. The molecule has 1 aromatic heterocycles. The number of imidazole rings is 1. The Labute approximate surface area is 123 Å². The summed E-state index contributed by atoms with van der Waals surface area (Å²) in [4.78, 5) is 4.46. The van der Waals surface area contributed by atoms with E-state index in [0.29, 0.717) is 24.4 Å². The summed E-state index contributed by atoms with van der Waals surface area (Å²) in [6.07, 6.45) is 2.88. The van der Waals surface area contributed by atoms with E-state index >= 15 is 0 Å². The lowest BCUT2D eigenvalue weighted by Crippen LogP contribution is -2.10. The minimum atomic E-state index is -0.265. The van der Waals surface area contributed by atoms with Crippen molar-refractivity contribution in [1.29, 1.82) is 0 Å². The Morgan fingerprint density at radius 3 is 2.95 bits per heavy atom. The predicted octanol–water partition coefficient (Wildman–Crippen LogP) is 3.77. The number of rotatable bonds is 8. The van der Waals surface area contributed by atoms with E-state index in [1.807, 2.05) is 0 Å². The molecule has 0 bridgehead atoms. The van der Waals surface area contributed by atoms with Gasteiger partial charge >= 0.3 is 0 Å². The molecule has 110 valence electrons. The fourth-order valence-electron chi connectivity index (χ4n) is 2.18. The average molecular weight is 299 g/mol. The summed E-state index contributed by atoms with van der Waals surface area (Å²) in [7, 11) is 0. The van der Waals surface area contributed by atoms with Crippen molar-refractivity contribution in [2.45, 2.75) is 32.7 Å². The molecule has 5 heteroatoms. The summed E-state index contributed by atoms with van der Waals surface area (Å²) in [6, 6.07) is 4.69. The molecule has 1 aromatic carbocycles. The van der Waals surface area contributed by atoms with Crippen molar-refractivity contribution in [1.82, 2.24) is 9.55 Å².